The van der Waals surface area contributed by atoms with Crippen LogP contribution in [0.15, 0.2) is 48.8 Å². The second kappa shape index (κ2) is 9.03. The summed E-state index contributed by atoms with van der Waals surface area (Å²) in [5, 5.41) is 2.97. The summed E-state index contributed by atoms with van der Waals surface area (Å²) < 4.78 is 5.22. The first-order chi connectivity index (χ1) is 12.0. The molecule has 0 saturated carbocycles. The van der Waals surface area contributed by atoms with Crippen LogP contribution in [0.25, 0.3) is 0 Å². The second-order valence-corrected chi connectivity index (χ2v) is 6.27. The van der Waals surface area contributed by atoms with Crippen LogP contribution in [0.3, 0.4) is 0 Å². The Hall–Kier alpha value is -2.60. The van der Waals surface area contributed by atoms with Gasteiger partial charge in [0.2, 0.25) is 0 Å². The van der Waals surface area contributed by atoms with E-state index in [-0.39, 0.29) is 12.1 Å². The fourth-order valence-corrected chi connectivity index (χ4v) is 2.51. The molecule has 2 rings (SSSR count). The number of likely N-dealkylation sites (N-methyl/N-ethyl adjacent to an activating group) is 1. The van der Waals surface area contributed by atoms with Crippen molar-refractivity contribution in [1.82, 2.24) is 9.88 Å². The summed E-state index contributed by atoms with van der Waals surface area (Å²) in [4.78, 5) is 20.2. The summed E-state index contributed by atoms with van der Waals surface area (Å²) in [6, 6.07) is 11.0. The standard InChI is InChI=1S/C19H26N4O2/c1-15(16-7-6-10-20-14-16)23(12-11-22(2)3)19(24)21-17-8-5-9-18(13-17)25-4/h5-10,13-15H,11-12H2,1-4H3,(H,21,24)/p+1. The number of ether oxygens (including phenoxy) is 1. The van der Waals surface area contributed by atoms with E-state index in [4.69, 9.17) is 4.74 Å². The topological polar surface area (TPSA) is 58.9 Å². The molecule has 0 fully saturated rings. The van der Waals surface area contributed by atoms with Gasteiger partial charge in [0.25, 0.3) is 0 Å². The lowest BCUT2D eigenvalue weighted by atomic mass is 10.1. The van der Waals surface area contributed by atoms with Crippen LogP contribution in [0.1, 0.15) is 18.5 Å². The van der Waals surface area contributed by atoms with E-state index in [1.54, 1.807) is 19.5 Å². The quantitative estimate of drug-likeness (QED) is 0.806. The molecular formula is C19H27N4O2+. The number of nitrogens with zero attached hydrogens (tertiary/aromatic N) is 2. The zero-order chi connectivity index (χ0) is 18.2. The summed E-state index contributed by atoms with van der Waals surface area (Å²) in [6.07, 6.45) is 3.54. The fraction of sp³-hybridized carbons (Fsp3) is 0.368. The molecule has 0 aliphatic heterocycles. The Morgan fingerprint density at radius 1 is 1.32 bits per heavy atom. The number of aromatic nitrogens is 1. The van der Waals surface area contributed by atoms with Gasteiger partial charge in [-0.25, -0.2) is 4.79 Å². The van der Waals surface area contributed by atoms with E-state index in [0.29, 0.717) is 18.0 Å². The van der Waals surface area contributed by atoms with E-state index in [2.05, 4.69) is 24.4 Å². The van der Waals surface area contributed by atoms with E-state index < -0.39 is 0 Å². The first-order valence-corrected chi connectivity index (χ1v) is 8.42. The number of amides is 2. The maximum atomic E-state index is 12.9. The van der Waals surface area contributed by atoms with Crippen molar-refractivity contribution in [3.05, 3.63) is 54.4 Å². The number of carbonyl (C=O) groups excluding carboxylic acids is 1. The Labute approximate surface area is 149 Å². The lowest BCUT2D eigenvalue weighted by Crippen LogP contribution is -3.06. The molecule has 0 spiro atoms. The number of carbonyl (C=O) groups is 1. The van der Waals surface area contributed by atoms with Crippen molar-refractivity contribution in [3.8, 4) is 5.75 Å². The molecule has 0 aliphatic rings. The average molecular weight is 343 g/mol. The molecule has 6 nitrogen and oxygen atoms in total. The molecule has 1 heterocycles. The number of quaternary nitrogens is 1. The van der Waals surface area contributed by atoms with Gasteiger partial charge in [-0.05, 0) is 30.7 Å². The van der Waals surface area contributed by atoms with Gasteiger partial charge < -0.3 is 19.9 Å². The highest BCUT2D eigenvalue weighted by Gasteiger charge is 2.22. The minimum Gasteiger partial charge on any atom is -0.497 e. The summed E-state index contributed by atoms with van der Waals surface area (Å²) in [5.74, 6) is 0.711. The van der Waals surface area contributed by atoms with Gasteiger partial charge in [0.15, 0.2) is 0 Å². The molecule has 2 aromatic rings. The molecule has 6 heteroatoms. The predicted molar refractivity (Wildman–Crippen MR) is 99.0 cm³/mol. The minimum atomic E-state index is -0.133. The maximum Gasteiger partial charge on any atom is 0.322 e. The fourth-order valence-electron chi connectivity index (χ4n) is 2.51. The van der Waals surface area contributed by atoms with E-state index in [1.165, 1.54) is 4.90 Å². The monoisotopic (exact) mass is 343 g/mol. The Bertz CT molecular complexity index is 676. The van der Waals surface area contributed by atoms with Crippen molar-refractivity contribution in [2.24, 2.45) is 0 Å². The Balaban J connectivity index is 2.17. The molecule has 0 saturated heterocycles. The molecule has 1 aromatic heterocycles. The molecule has 25 heavy (non-hydrogen) atoms. The zero-order valence-corrected chi connectivity index (χ0v) is 15.3. The van der Waals surface area contributed by atoms with E-state index in [1.807, 2.05) is 48.2 Å². The molecule has 0 aliphatic carbocycles. The second-order valence-electron chi connectivity index (χ2n) is 6.27. The van der Waals surface area contributed by atoms with Crippen molar-refractivity contribution in [3.63, 3.8) is 0 Å². The van der Waals surface area contributed by atoms with Crippen LogP contribution in [-0.4, -0.2) is 50.2 Å². The number of rotatable bonds is 7. The highest BCUT2D eigenvalue weighted by atomic mass is 16.5. The summed E-state index contributed by atoms with van der Waals surface area (Å²) in [6.45, 7) is 3.53. The number of hydrogen-bond acceptors (Lipinski definition) is 3. The lowest BCUT2D eigenvalue weighted by molar-refractivity contribution is -0.857. The van der Waals surface area contributed by atoms with Crippen LogP contribution in [0, 0.1) is 0 Å². The number of nitrogens with one attached hydrogen (secondary N) is 2. The van der Waals surface area contributed by atoms with Crippen molar-refractivity contribution in [2.45, 2.75) is 13.0 Å². The number of urea groups is 1. The maximum absolute atomic E-state index is 12.9. The van der Waals surface area contributed by atoms with Crippen LogP contribution in [0.5, 0.6) is 5.75 Å². The molecule has 134 valence electrons. The van der Waals surface area contributed by atoms with Crippen LogP contribution in [0.4, 0.5) is 10.5 Å². The first kappa shape index (κ1) is 18.7. The third-order valence-corrected chi connectivity index (χ3v) is 4.07. The van der Waals surface area contributed by atoms with Gasteiger partial charge in [-0.15, -0.1) is 0 Å². The first-order valence-electron chi connectivity index (χ1n) is 8.42. The van der Waals surface area contributed by atoms with Gasteiger partial charge in [-0.3, -0.25) is 4.98 Å². The molecule has 2 N–H and O–H groups in total. The molecule has 1 aromatic carbocycles. The zero-order valence-electron chi connectivity index (χ0n) is 15.3. The van der Waals surface area contributed by atoms with Crippen molar-refractivity contribution >= 4 is 11.7 Å². The summed E-state index contributed by atoms with van der Waals surface area (Å²) in [7, 11) is 5.76. The molecule has 0 bridgehead atoms. The van der Waals surface area contributed by atoms with Crippen LogP contribution >= 0.6 is 0 Å². The van der Waals surface area contributed by atoms with E-state index in [9.17, 15) is 4.79 Å². The number of benzene rings is 1. The van der Waals surface area contributed by atoms with Crippen LogP contribution < -0.4 is 15.0 Å². The third kappa shape index (κ3) is 5.46. The van der Waals surface area contributed by atoms with Gasteiger partial charge in [-0.1, -0.05) is 12.1 Å². The predicted octanol–water partition coefficient (Wildman–Crippen LogP) is 1.83. The molecular weight excluding hydrogens is 316 g/mol. The molecule has 2 amide bonds. The minimum absolute atomic E-state index is 0.0707. The Morgan fingerprint density at radius 2 is 2.12 bits per heavy atom. The smallest absolute Gasteiger partial charge is 0.322 e. The summed E-state index contributed by atoms with van der Waals surface area (Å²) in [5.41, 5.74) is 1.72. The van der Waals surface area contributed by atoms with Crippen molar-refractivity contribution in [1.29, 1.82) is 0 Å². The largest absolute Gasteiger partial charge is 0.497 e. The molecule has 1 atom stereocenters. The Kier molecular flexibility index (Phi) is 6.77. The normalized spacial score (nSPS) is 11.9. The van der Waals surface area contributed by atoms with Gasteiger partial charge in [-0.2, -0.15) is 0 Å². The van der Waals surface area contributed by atoms with E-state index in [0.717, 1.165) is 12.1 Å². The summed E-state index contributed by atoms with van der Waals surface area (Å²) >= 11 is 0. The average Bonchev–Trinajstić information content (AvgIpc) is 2.62. The van der Waals surface area contributed by atoms with Crippen molar-refractivity contribution in [2.75, 3.05) is 39.6 Å². The number of hydrogen-bond donors (Lipinski definition) is 2. The third-order valence-electron chi connectivity index (χ3n) is 4.07. The number of methoxy groups -OCH3 is 1. The highest BCUT2D eigenvalue weighted by Crippen LogP contribution is 2.21. The van der Waals surface area contributed by atoms with E-state index >= 15 is 0 Å². The SMILES string of the molecule is COc1cccc(NC(=O)N(CC[NH+](C)C)C(C)c2cccnc2)c1. The van der Waals surface area contributed by atoms with Crippen LogP contribution in [-0.2, 0) is 0 Å². The van der Waals surface area contributed by atoms with Gasteiger partial charge >= 0.3 is 6.03 Å². The Morgan fingerprint density at radius 3 is 2.76 bits per heavy atom. The molecule has 1 unspecified atom stereocenters. The molecule has 0 radical (unpaired) electrons. The highest BCUT2D eigenvalue weighted by molar-refractivity contribution is 5.89. The lowest BCUT2D eigenvalue weighted by Gasteiger charge is -2.29. The number of anilines is 1. The number of pyridine rings is 1. The van der Waals surface area contributed by atoms with Gasteiger partial charge in [0, 0.05) is 24.1 Å². The van der Waals surface area contributed by atoms with Crippen LogP contribution in [0.2, 0.25) is 0 Å². The van der Waals surface area contributed by atoms with Gasteiger partial charge in [0.05, 0.1) is 40.3 Å². The van der Waals surface area contributed by atoms with Gasteiger partial charge in [0.1, 0.15) is 5.75 Å². The van der Waals surface area contributed by atoms with Crippen molar-refractivity contribution < 1.29 is 14.4 Å².